The molecule has 350 valence electrons. The van der Waals surface area contributed by atoms with Crippen LogP contribution < -0.4 is 15.1 Å². The molecule has 0 saturated heterocycles. The molecule has 0 amide bonds. The van der Waals surface area contributed by atoms with E-state index in [1.54, 1.807) is 30.3 Å². The van der Waals surface area contributed by atoms with E-state index in [-0.39, 0.29) is 29.7 Å². The van der Waals surface area contributed by atoms with Crippen LogP contribution in [0.15, 0.2) is 136 Å². The second kappa shape index (κ2) is 24.6. The lowest BCUT2D eigenvalue weighted by Gasteiger charge is -2.23. The molecule has 70 heavy (non-hydrogen) atoms. The number of aliphatic imine (C=N–C) groups is 2. The number of ketones is 1. The van der Waals surface area contributed by atoms with Crippen LogP contribution >= 0.6 is 0 Å². The van der Waals surface area contributed by atoms with Crippen molar-refractivity contribution in [2.45, 2.75) is 55.4 Å². The number of hydrogen-bond donors (Lipinski definition) is 2. The number of benzene rings is 5. The Labute approximate surface area is 410 Å². The van der Waals surface area contributed by atoms with Gasteiger partial charge in [-0.2, -0.15) is 0 Å². The standard InChI is InChI=1S/C30H33N3O2.C26H20N6.CHNO/c1-6-33(7-2)24-16-21(4)29(22(5)17-24)32-27-18-28(30(34)26-11-9-8-10-25(26)27)35-19-31-23-14-12-20(3)13-15-23;1-6-32(7-2)18-12-13-21(17(3)14-18)31-26-24(22(15-27)29-4)19-10-8-9-11-20(19)25(26)23(16-28)30-5;2-1-3/h8-18,31H,6-7,19H2,1-5H3;8-14H,6-7H2,1-3H3;2H/b;24-22+,25-23+;. The average Bonchev–Trinajstić information content (AvgIpc) is 3.67. The highest BCUT2D eigenvalue weighted by Gasteiger charge is 2.33. The van der Waals surface area contributed by atoms with E-state index in [2.05, 4.69) is 78.5 Å². The fourth-order valence-electron chi connectivity index (χ4n) is 8.21. The van der Waals surface area contributed by atoms with Crippen molar-refractivity contribution in [1.29, 1.82) is 15.9 Å². The van der Waals surface area contributed by atoms with Crippen molar-refractivity contribution in [3.05, 3.63) is 194 Å². The van der Waals surface area contributed by atoms with E-state index >= 15 is 0 Å². The second-order valence-electron chi connectivity index (χ2n) is 16.0. The predicted molar refractivity (Wildman–Crippen MR) is 280 cm³/mol. The summed E-state index contributed by atoms with van der Waals surface area (Å²) in [6.45, 7) is 35.6. The molecule has 0 fully saturated rings. The Balaban J connectivity index is 0.000000248. The maximum atomic E-state index is 13.1. The molecule has 0 radical (unpaired) electrons. The van der Waals surface area contributed by atoms with Gasteiger partial charge in [0.15, 0.2) is 12.5 Å². The van der Waals surface area contributed by atoms with Crippen molar-refractivity contribution >= 4 is 62.9 Å². The van der Waals surface area contributed by atoms with Crippen LogP contribution in [0.2, 0.25) is 0 Å². The number of rotatable bonds is 12. The number of isocyanates is 1. The summed E-state index contributed by atoms with van der Waals surface area (Å²) in [7, 11) is 0. The van der Waals surface area contributed by atoms with Crippen molar-refractivity contribution in [1.82, 2.24) is 0 Å². The number of hydrogen-bond acceptors (Lipinski definition) is 11. The van der Waals surface area contributed by atoms with Crippen LogP contribution in [0.3, 0.4) is 0 Å². The number of aryl methyl sites for hydroxylation is 4. The number of allylic oxidation sites excluding steroid dienone is 6. The first-order valence-corrected chi connectivity index (χ1v) is 22.7. The SMILES string of the molecule is CCN(CC)c1cc(C)c(N=C2C=C(OCNc3ccc(C)cc3)C(=O)c3ccccc32)c(C)c1.N=C=O.[C-]#[N+]/C(C#N)=C1/C(=Nc2ccc(N(CC)CC)cc2C)/C(=C(\C#N)[N+]#[C-])c2ccccc21. The summed E-state index contributed by atoms with van der Waals surface area (Å²) in [5.74, 6) is 0.160. The van der Waals surface area contributed by atoms with Crippen LogP contribution in [0, 0.1) is 68.9 Å². The normalized spacial score (nSPS) is 13.9. The summed E-state index contributed by atoms with van der Waals surface area (Å²) in [6, 6.07) is 37.0. The van der Waals surface area contributed by atoms with Gasteiger partial charge in [-0.1, -0.05) is 66.2 Å². The molecule has 0 spiro atoms. The molecule has 0 aromatic heterocycles. The molecule has 2 aliphatic carbocycles. The molecule has 5 aromatic rings. The molecule has 0 unspecified atom stereocenters. The Kier molecular flexibility index (Phi) is 18.2. The number of nitriles is 2. The zero-order valence-electron chi connectivity index (χ0n) is 40.7. The lowest BCUT2D eigenvalue weighted by atomic mass is 9.92. The molecular formula is C57H54N10O3. The number of carbonyl (C=O) groups is 1. The molecule has 0 heterocycles. The van der Waals surface area contributed by atoms with Gasteiger partial charge in [-0.15, -0.1) is 0 Å². The van der Waals surface area contributed by atoms with Crippen molar-refractivity contribution in [3.8, 4) is 12.1 Å². The van der Waals surface area contributed by atoms with E-state index in [4.69, 9.17) is 38.1 Å². The van der Waals surface area contributed by atoms with Crippen LogP contribution in [0.4, 0.5) is 28.4 Å². The molecule has 2 aliphatic rings. The maximum Gasteiger partial charge on any atom is 0.271 e. The fourth-order valence-corrected chi connectivity index (χ4v) is 8.21. The van der Waals surface area contributed by atoms with E-state index in [1.807, 2.05) is 92.7 Å². The summed E-state index contributed by atoms with van der Waals surface area (Å²) in [5.41, 5.74) is 13.3. The van der Waals surface area contributed by atoms with Gasteiger partial charge in [-0.3, -0.25) is 9.79 Å². The Morgan fingerprint density at radius 1 is 0.686 bits per heavy atom. The summed E-state index contributed by atoms with van der Waals surface area (Å²) in [5, 5.41) is 27.9. The number of nitrogens with zero attached hydrogens (tertiary/aromatic N) is 8. The van der Waals surface area contributed by atoms with Crippen LogP contribution in [-0.2, 0) is 9.53 Å². The maximum absolute atomic E-state index is 13.1. The third-order valence-corrected chi connectivity index (χ3v) is 11.7. The lowest BCUT2D eigenvalue weighted by molar-refractivity contribution is 0.0929. The van der Waals surface area contributed by atoms with Gasteiger partial charge in [0.05, 0.1) is 48.1 Å². The van der Waals surface area contributed by atoms with E-state index in [0.717, 1.165) is 77.3 Å². The molecule has 5 aromatic carbocycles. The van der Waals surface area contributed by atoms with E-state index in [0.29, 0.717) is 39.2 Å². The van der Waals surface area contributed by atoms with Crippen molar-refractivity contribution in [3.63, 3.8) is 0 Å². The molecule has 13 nitrogen and oxygen atoms in total. The Bertz CT molecular complexity index is 3030. The van der Waals surface area contributed by atoms with Gasteiger partial charge in [-0.05, 0) is 126 Å². The van der Waals surface area contributed by atoms with Crippen molar-refractivity contribution in [2.75, 3.05) is 48.0 Å². The first kappa shape index (κ1) is 51.8. The summed E-state index contributed by atoms with van der Waals surface area (Å²) < 4.78 is 5.91. The van der Waals surface area contributed by atoms with Gasteiger partial charge in [0, 0.05) is 71.6 Å². The number of carbonyl (C=O) groups excluding carboxylic acids is 2. The monoisotopic (exact) mass is 926 g/mol. The van der Waals surface area contributed by atoms with Crippen molar-refractivity contribution < 1.29 is 14.3 Å². The third-order valence-electron chi connectivity index (χ3n) is 11.7. The van der Waals surface area contributed by atoms with Crippen LogP contribution in [-0.4, -0.2) is 56.2 Å². The minimum absolute atomic E-state index is 0.120. The van der Waals surface area contributed by atoms with Gasteiger partial charge in [0.1, 0.15) is 0 Å². The highest BCUT2D eigenvalue weighted by atomic mass is 16.5. The minimum Gasteiger partial charge on any atom is -0.469 e. The third kappa shape index (κ3) is 11.7. The first-order chi connectivity index (χ1) is 33.9. The number of nitrogens with one attached hydrogen (secondary N) is 2. The van der Waals surface area contributed by atoms with E-state index < -0.39 is 0 Å². The minimum atomic E-state index is -0.129. The molecule has 0 atom stereocenters. The van der Waals surface area contributed by atoms with Gasteiger partial charge in [-0.25, -0.2) is 35.4 Å². The van der Waals surface area contributed by atoms with Gasteiger partial charge in [0.2, 0.25) is 11.9 Å². The summed E-state index contributed by atoms with van der Waals surface area (Å²) >= 11 is 0. The lowest BCUT2D eigenvalue weighted by Crippen LogP contribution is -2.22. The molecule has 2 N–H and O–H groups in total. The highest BCUT2D eigenvalue weighted by Crippen LogP contribution is 2.44. The average molecular weight is 927 g/mol. The highest BCUT2D eigenvalue weighted by molar-refractivity contribution is 6.51. The molecule has 7 rings (SSSR count). The Hall–Kier alpha value is -9.13. The Morgan fingerprint density at radius 2 is 1.17 bits per heavy atom. The molecule has 0 aliphatic heterocycles. The fraction of sp³-hybridized carbons (Fsp3) is 0.228. The first-order valence-electron chi connectivity index (χ1n) is 22.7. The second-order valence-corrected chi connectivity index (χ2v) is 16.0. The van der Waals surface area contributed by atoms with E-state index in [1.165, 1.54) is 11.3 Å². The van der Waals surface area contributed by atoms with Gasteiger partial charge >= 0.3 is 0 Å². The van der Waals surface area contributed by atoms with Crippen molar-refractivity contribution in [2.24, 2.45) is 9.98 Å². The van der Waals surface area contributed by atoms with Crippen LogP contribution in [0.5, 0.6) is 0 Å². The van der Waals surface area contributed by atoms with Gasteiger partial charge in [0.25, 0.3) is 11.4 Å². The summed E-state index contributed by atoms with van der Waals surface area (Å²) in [6.07, 6.45) is 2.51. The number of ether oxygens (including phenoxy) is 1. The molecule has 0 saturated carbocycles. The number of fused-ring (bicyclic) bond motifs is 2. The molecular weight excluding hydrogens is 873 g/mol. The number of anilines is 3. The molecule has 13 heteroatoms. The topological polar surface area (TPSA) is 167 Å². The van der Waals surface area contributed by atoms with Crippen LogP contribution in [0.1, 0.15) is 77.0 Å². The molecule has 0 bridgehead atoms. The zero-order chi connectivity index (χ0) is 50.9. The Morgan fingerprint density at radius 3 is 1.66 bits per heavy atom. The van der Waals surface area contributed by atoms with E-state index in [9.17, 15) is 15.3 Å². The largest absolute Gasteiger partial charge is 0.469 e. The predicted octanol–water partition coefficient (Wildman–Crippen LogP) is 12.6. The zero-order valence-corrected chi connectivity index (χ0v) is 40.7. The summed E-state index contributed by atoms with van der Waals surface area (Å²) in [4.78, 5) is 42.7. The van der Waals surface area contributed by atoms with Gasteiger partial charge < -0.3 is 19.9 Å². The quantitative estimate of drug-likeness (QED) is 0.0410. The van der Waals surface area contributed by atoms with Crippen LogP contribution in [0.25, 0.3) is 20.8 Å². The smallest absolute Gasteiger partial charge is 0.271 e. The number of Topliss-reactive ketones (excluding diaryl/α,β-unsaturated/α-hetero) is 1.